The lowest BCUT2D eigenvalue weighted by atomic mass is 10.3. The summed E-state index contributed by atoms with van der Waals surface area (Å²) in [6, 6.07) is 0. The summed E-state index contributed by atoms with van der Waals surface area (Å²) in [5, 5.41) is 0. The van der Waals surface area contributed by atoms with Crippen LogP contribution in [0.2, 0.25) is 0 Å². The third kappa shape index (κ3) is 8.31. The van der Waals surface area contributed by atoms with Gasteiger partial charge in [0.2, 0.25) is 5.91 Å². The maximum absolute atomic E-state index is 13.1. The molecule has 2 N–H and O–H groups in total. The van der Waals surface area contributed by atoms with E-state index in [1.165, 1.54) is 6.92 Å². The molecular weight excluding hydrogens is 370 g/mol. The molecule has 0 aliphatic rings. The quantitative estimate of drug-likeness (QED) is 0.336. The molecule has 0 radical (unpaired) electrons. The maximum atomic E-state index is 13.1. The SMILES string of the molecule is CCOP(=O)(OCC)C(C)CC(NNC(C)=O)P(=O)(OCC)OCC. The van der Waals surface area contributed by atoms with Gasteiger partial charge >= 0.3 is 15.2 Å². The zero-order valence-corrected chi connectivity index (χ0v) is 17.7. The zero-order chi connectivity index (χ0) is 19.5. The van der Waals surface area contributed by atoms with Gasteiger partial charge in [0, 0.05) is 6.92 Å². The first-order valence-corrected chi connectivity index (χ1v) is 11.7. The lowest BCUT2D eigenvalue weighted by Crippen LogP contribution is -2.45. The molecule has 0 bridgehead atoms. The Labute approximate surface area is 150 Å². The van der Waals surface area contributed by atoms with Gasteiger partial charge < -0.3 is 18.1 Å². The third-order valence-electron chi connectivity index (χ3n) is 3.14. The molecule has 0 aromatic heterocycles. The van der Waals surface area contributed by atoms with Crippen molar-refractivity contribution in [2.45, 2.75) is 59.4 Å². The summed E-state index contributed by atoms with van der Waals surface area (Å²) in [6.45, 7) is 10.6. The van der Waals surface area contributed by atoms with Crippen molar-refractivity contribution < 1.29 is 32.0 Å². The zero-order valence-electron chi connectivity index (χ0n) is 15.9. The molecule has 9 nitrogen and oxygen atoms in total. The van der Waals surface area contributed by atoms with Gasteiger partial charge in [-0.15, -0.1) is 0 Å². The molecule has 11 heteroatoms. The molecule has 0 aromatic rings. The molecule has 2 atom stereocenters. The molecule has 0 saturated carbocycles. The summed E-state index contributed by atoms with van der Waals surface area (Å²) in [5.41, 5.74) is 4.48. The van der Waals surface area contributed by atoms with Crippen LogP contribution in [0.1, 0.15) is 48.0 Å². The van der Waals surface area contributed by atoms with Gasteiger partial charge in [0.25, 0.3) is 0 Å². The molecule has 150 valence electrons. The number of hydrazine groups is 1. The van der Waals surface area contributed by atoms with E-state index >= 15 is 0 Å². The van der Waals surface area contributed by atoms with Crippen molar-refractivity contribution in [1.82, 2.24) is 10.9 Å². The van der Waals surface area contributed by atoms with E-state index in [4.69, 9.17) is 18.1 Å². The molecule has 0 aliphatic carbocycles. The van der Waals surface area contributed by atoms with E-state index in [1.807, 2.05) is 0 Å². The highest BCUT2D eigenvalue weighted by atomic mass is 31.2. The molecule has 0 saturated heterocycles. The van der Waals surface area contributed by atoms with Crippen LogP contribution in [0.25, 0.3) is 0 Å². The minimum atomic E-state index is -3.61. The van der Waals surface area contributed by atoms with Crippen LogP contribution in [0.15, 0.2) is 0 Å². The van der Waals surface area contributed by atoms with E-state index in [1.54, 1.807) is 34.6 Å². The number of amides is 1. The van der Waals surface area contributed by atoms with Crippen molar-refractivity contribution in [2.24, 2.45) is 0 Å². The van der Waals surface area contributed by atoms with Gasteiger partial charge in [0.05, 0.1) is 32.1 Å². The maximum Gasteiger partial charge on any atom is 0.349 e. The van der Waals surface area contributed by atoms with Crippen molar-refractivity contribution in [2.75, 3.05) is 26.4 Å². The Morgan fingerprint density at radius 3 is 1.64 bits per heavy atom. The molecule has 2 unspecified atom stereocenters. The van der Waals surface area contributed by atoms with Crippen molar-refractivity contribution in [3.63, 3.8) is 0 Å². The van der Waals surface area contributed by atoms with E-state index in [0.717, 1.165) is 0 Å². The van der Waals surface area contributed by atoms with Crippen LogP contribution in [0.3, 0.4) is 0 Å². The van der Waals surface area contributed by atoms with Crippen LogP contribution in [0, 0.1) is 0 Å². The Morgan fingerprint density at radius 2 is 1.28 bits per heavy atom. The monoisotopic (exact) mass is 402 g/mol. The summed E-state index contributed by atoms with van der Waals surface area (Å²) in [6.07, 6.45) is 0.0921. The smallest absolute Gasteiger partial charge is 0.309 e. The minimum absolute atomic E-state index is 0.0921. The number of carbonyl (C=O) groups excluding carboxylic acids is 1. The lowest BCUT2D eigenvalue weighted by molar-refractivity contribution is -0.120. The predicted molar refractivity (Wildman–Crippen MR) is 96.5 cm³/mol. The van der Waals surface area contributed by atoms with Gasteiger partial charge in [-0.05, 0) is 34.1 Å². The fourth-order valence-electron chi connectivity index (χ4n) is 2.13. The van der Waals surface area contributed by atoms with E-state index in [0.29, 0.717) is 0 Å². The second kappa shape index (κ2) is 12.2. The molecule has 0 aliphatic heterocycles. The minimum Gasteiger partial charge on any atom is -0.309 e. The van der Waals surface area contributed by atoms with Gasteiger partial charge in [-0.25, -0.2) is 5.43 Å². The van der Waals surface area contributed by atoms with Crippen molar-refractivity contribution in [3.05, 3.63) is 0 Å². The van der Waals surface area contributed by atoms with Crippen LogP contribution in [-0.2, 0) is 32.0 Å². The number of hydrogen-bond acceptors (Lipinski definition) is 8. The molecule has 0 fully saturated rings. The number of carbonyl (C=O) groups is 1. The molecule has 0 spiro atoms. The molecular formula is C14H32N2O7P2. The number of rotatable bonds is 14. The second-order valence-electron chi connectivity index (χ2n) is 5.18. The third-order valence-corrected chi connectivity index (χ3v) is 8.00. The lowest BCUT2D eigenvalue weighted by Gasteiger charge is -2.31. The average molecular weight is 402 g/mol. The fraction of sp³-hybridized carbons (Fsp3) is 0.929. The Bertz CT molecular complexity index is 470. The van der Waals surface area contributed by atoms with E-state index < -0.39 is 26.6 Å². The molecule has 1 amide bonds. The van der Waals surface area contributed by atoms with Gasteiger partial charge in [-0.1, -0.05) is 6.92 Å². The standard InChI is InChI=1S/C14H32N2O7P2/c1-7-20-24(18,21-8-2)12(5)11-14(16-15-13(6)17)25(19,22-9-3)23-10-4/h12,14,16H,7-11H2,1-6H3,(H,15,17). The van der Waals surface area contributed by atoms with E-state index in [-0.39, 0.29) is 38.8 Å². The summed E-state index contributed by atoms with van der Waals surface area (Å²) in [5.74, 6) is -1.27. The molecule has 0 aromatic carbocycles. The van der Waals surface area contributed by atoms with Crippen LogP contribution < -0.4 is 10.9 Å². The first kappa shape index (κ1) is 24.7. The van der Waals surface area contributed by atoms with Crippen molar-refractivity contribution in [3.8, 4) is 0 Å². The Hall–Kier alpha value is -0.270. The topological polar surface area (TPSA) is 112 Å². The summed E-state index contributed by atoms with van der Waals surface area (Å²) < 4.78 is 47.3. The highest BCUT2D eigenvalue weighted by Crippen LogP contribution is 2.59. The molecule has 0 heterocycles. The van der Waals surface area contributed by atoms with Crippen LogP contribution in [0.4, 0.5) is 0 Å². The molecule has 25 heavy (non-hydrogen) atoms. The van der Waals surface area contributed by atoms with Crippen molar-refractivity contribution in [1.29, 1.82) is 0 Å². The van der Waals surface area contributed by atoms with E-state index in [2.05, 4.69) is 10.9 Å². The van der Waals surface area contributed by atoms with Crippen LogP contribution >= 0.6 is 15.2 Å². The van der Waals surface area contributed by atoms with E-state index in [9.17, 15) is 13.9 Å². The van der Waals surface area contributed by atoms with Gasteiger partial charge in [-0.2, -0.15) is 0 Å². The van der Waals surface area contributed by atoms with Crippen LogP contribution in [-0.4, -0.2) is 43.8 Å². The Kier molecular flexibility index (Phi) is 12.0. The Balaban J connectivity index is 5.48. The summed E-state index contributed by atoms with van der Waals surface area (Å²) >= 11 is 0. The Morgan fingerprint density at radius 1 is 0.880 bits per heavy atom. The van der Waals surface area contributed by atoms with Gasteiger partial charge in [0.15, 0.2) is 0 Å². The highest BCUT2D eigenvalue weighted by Gasteiger charge is 2.42. The summed E-state index contributed by atoms with van der Waals surface area (Å²) in [4.78, 5) is 11.2. The second-order valence-corrected chi connectivity index (χ2v) is 9.87. The normalized spacial score (nSPS) is 15.0. The molecule has 0 rings (SSSR count). The summed E-state index contributed by atoms with van der Waals surface area (Å²) in [7, 11) is -7.01. The van der Waals surface area contributed by atoms with Crippen LogP contribution in [0.5, 0.6) is 0 Å². The first-order valence-electron chi connectivity index (χ1n) is 8.48. The average Bonchev–Trinajstić information content (AvgIpc) is 2.51. The number of hydrogen-bond donors (Lipinski definition) is 2. The van der Waals surface area contributed by atoms with Crippen molar-refractivity contribution >= 4 is 21.1 Å². The predicted octanol–water partition coefficient (Wildman–Crippen LogP) is 3.26. The highest BCUT2D eigenvalue weighted by molar-refractivity contribution is 7.55. The van der Waals surface area contributed by atoms with Gasteiger partial charge in [0.1, 0.15) is 5.78 Å². The largest absolute Gasteiger partial charge is 0.349 e. The van der Waals surface area contributed by atoms with Gasteiger partial charge in [-0.3, -0.25) is 19.4 Å². The number of nitrogens with one attached hydrogen (secondary N) is 2. The fourth-order valence-corrected chi connectivity index (χ4v) is 6.02. The first-order chi connectivity index (χ1) is 11.7.